The quantitative estimate of drug-likeness (QED) is 0.592. The number of rotatable bonds is 6. The predicted octanol–water partition coefficient (Wildman–Crippen LogP) is 4.06. The number of hydrogen-bond acceptors (Lipinski definition) is 7. The van der Waals surface area contributed by atoms with Crippen LogP contribution in [0.3, 0.4) is 0 Å². The molecule has 0 spiro atoms. The third-order valence-electron chi connectivity index (χ3n) is 5.87. The van der Waals surface area contributed by atoms with E-state index >= 15 is 0 Å². The van der Waals surface area contributed by atoms with Crippen LogP contribution in [0.2, 0.25) is 0 Å². The minimum atomic E-state index is -3.36. The summed E-state index contributed by atoms with van der Waals surface area (Å²) in [6.07, 6.45) is -3.20. The van der Waals surface area contributed by atoms with Crippen LogP contribution in [0.15, 0.2) is 16.7 Å². The van der Waals surface area contributed by atoms with Crippen LogP contribution in [0, 0.1) is 0 Å². The van der Waals surface area contributed by atoms with Crippen LogP contribution in [-0.2, 0) is 11.3 Å². The Balaban J connectivity index is 1.57. The van der Waals surface area contributed by atoms with Crippen LogP contribution in [0.4, 0.5) is 26.7 Å². The molecule has 1 saturated carbocycles. The molecule has 1 aliphatic carbocycles. The van der Waals surface area contributed by atoms with Gasteiger partial charge in [0, 0.05) is 12.6 Å². The first-order valence-corrected chi connectivity index (χ1v) is 10.8. The molecule has 2 aromatic heterocycles. The van der Waals surface area contributed by atoms with Gasteiger partial charge in [0.2, 0.25) is 5.89 Å². The number of alkyl carbamates (subject to hydrolysis) is 1. The smallest absolute Gasteiger partial charge is 0.408 e. The Bertz CT molecular complexity index is 1130. The van der Waals surface area contributed by atoms with E-state index in [0.717, 1.165) is 0 Å². The molecule has 2 aromatic rings. The number of nitrogens with zero attached hydrogens (tertiary/aromatic N) is 4. The molecule has 2 amide bonds. The summed E-state index contributed by atoms with van der Waals surface area (Å²) in [5.74, 6) is -5.15. The van der Waals surface area contributed by atoms with E-state index in [1.54, 1.807) is 0 Å². The lowest BCUT2D eigenvalue weighted by atomic mass is 9.86. The molecule has 35 heavy (non-hydrogen) atoms. The molecule has 0 saturated heterocycles. The van der Waals surface area contributed by atoms with Crippen molar-refractivity contribution in [2.24, 2.45) is 0 Å². The van der Waals surface area contributed by atoms with Gasteiger partial charge in [0.15, 0.2) is 0 Å². The van der Waals surface area contributed by atoms with E-state index in [9.17, 15) is 31.5 Å². The van der Waals surface area contributed by atoms with Crippen LogP contribution < -0.4 is 5.32 Å². The Kier molecular flexibility index (Phi) is 6.40. The Morgan fingerprint density at radius 2 is 2.11 bits per heavy atom. The van der Waals surface area contributed by atoms with Crippen molar-refractivity contribution in [1.82, 2.24) is 25.4 Å². The first kappa shape index (κ1) is 24.8. The number of carbonyl (C=O) groups excluding carboxylic acids is 2. The second kappa shape index (κ2) is 9.04. The summed E-state index contributed by atoms with van der Waals surface area (Å²) >= 11 is 0. The van der Waals surface area contributed by atoms with Gasteiger partial charge in [-0.3, -0.25) is 9.78 Å². The number of fused-ring (bicyclic) bond motifs is 1. The molecule has 0 unspecified atom stereocenters. The highest BCUT2D eigenvalue weighted by Gasteiger charge is 2.52. The highest BCUT2D eigenvalue weighted by atomic mass is 19.3. The van der Waals surface area contributed by atoms with Crippen LogP contribution >= 0.6 is 0 Å². The van der Waals surface area contributed by atoms with Gasteiger partial charge in [-0.15, -0.1) is 10.2 Å². The normalized spacial score (nSPS) is 21.8. The number of aromatic nitrogens is 3. The molecular formula is C21H22F5N5O4. The molecule has 2 atom stereocenters. The maximum absolute atomic E-state index is 14.9. The summed E-state index contributed by atoms with van der Waals surface area (Å²) in [7, 11) is 0. The average Bonchev–Trinajstić information content (AvgIpc) is 3.40. The van der Waals surface area contributed by atoms with Gasteiger partial charge in [-0.25, -0.2) is 18.0 Å². The van der Waals surface area contributed by atoms with E-state index in [0.29, 0.717) is 0 Å². The number of amides is 2. The number of carbonyl (C=O) groups is 2. The van der Waals surface area contributed by atoms with Crippen molar-refractivity contribution in [1.29, 1.82) is 0 Å². The maximum atomic E-state index is 14.9. The Morgan fingerprint density at radius 1 is 1.37 bits per heavy atom. The van der Waals surface area contributed by atoms with E-state index in [4.69, 9.17) is 9.15 Å². The molecule has 0 bridgehead atoms. The van der Waals surface area contributed by atoms with Gasteiger partial charge >= 0.3 is 12.5 Å². The van der Waals surface area contributed by atoms with Gasteiger partial charge in [0.05, 0.1) is 29.4 Å². The van der Waals surface area contributed by atoms with E-state index in [2.05, 4.69) is 20.5 Å². The summed E-state index contributed by atoms with van der Waals surface area (Å²) in [5.41, 5.74) is -1.06. The number of pyridine rings is 1. The number of alkyl halides is 5. The van der Waals surface area contributed by atoms with Crippen molar-refractivity contribution in [3.05, 3.63) is 29.4 Å². The van der Waals surface area contributed by atoms with Crippen molar-refractivity contribution in [2.75, 3.05) is 6.67 Å². The fourth-order valence-corrected chi connectivity index (χ4v) is 4.14. The minimum absolute atomic E-state index is 0.0630. The lowest BCUT2D eigenvalue weighted by Crippen LogP contribution is -2.62. The van der Waals surface area contributed by atoms with Gasteiger partial charge in [0.25, 0.3) is 17.7 Å². The molecule has 4 rings (SSSR count). The van der Waals surface area contributed by atoms with Crippen LogP contribution in [0.5, 0.6) is 0 Å². The van der Waals surface area contributed by atoms with Crippen LogP contribution in [0.1, 0.15) is 61.5 Å². The number of ether oxygens (including phenoxy) is 1. The van der Waals surface area contributed by atoms with Gasteiger partial charge < -0.3 is 19.4 Å². The number of hydrogen-bond donors (Lipinski definition) is 1. The van der Waals surface area contributed by atoms with E-state index in [1.165, 1.54) is 31.0 Å². The largest absolute Gasteiger partial charge is 0.441 e. The lowest BCUT2D eigenvalue weighted by molar-refractivity contribution is -0.0915. The Labute approximate surface area is 196 Å². The molecule has 0 aromatic carbocycles. The average molecular weight is 503 g/mol. The molecule has 190 valence electrons. The molecule has 1 aliphatic heterocycles. The number of halogens is 5. The molecule has 9 nitrogen and oxygen atoms in total. The molecule has 2 aliphatic rings. The maximum Gasteiger partial charge on any atom is 0.408 e. The molecule has 14 heteroatoms. The summed E-state index contributed by atoms with van der Waals surface area (Å²) < 4.78 is 78.0. The number of nitrogens with one attached hydrogen (secondary N) is 1. The van der Waals surface area contributed by atoms with Gasteiger partial charge in [-0.2, -0.15) is 8.78 Å². The van der Waals surface area contributed by atoms with E-state index < -0.39 is 61.0 Å². The summed E-state index contributed by atoms with van der Waals surface area (Å²) in [4.78, 5) is 30.8. The SMILES string of the molecule is CC(C)(CF)OC(=O)N[C@H]1[C@H](N2Cc3ncc(-c4nnc(C(F)F)o4)cc3C2=O)CCCC1(F)F. The second-order valence-electron chi connectivity index (χ2n) is 9.02. The standard InChI is InChI=1S/C21H22F5N5O4/c1-20(2,9-22)35-19(33)28-14-13(4-3-5-21(14,25)26)31-8-12-11(18(31)32)6-10(7-27-12)16-29-30-17(34-16)15(23)24/h6-7,13-15H,3-5,8-9H2,1-2H3,(H,28,33)/t13-,14+/m1/s1. The summed E-state index contributed by atoms with van der Waals surface area (Å²) in [6, 6.07) is -1.56. The zero-order valence-electron chi connectivity index (χ0n) is 18.7. The second-order valence-corrected chi connectivity index (χ2v) is 9.02. The molecule has 3 heterocycles. The third-order valence-corrected chi connectivity index (χ3v) is 5.87. The monoisotopic (exact) mass is 503 g/mol. The topological polar surface area (TPSA) is 110 Å². The van der Waals surface area contributed by atoms with Crippen molar-refractivity contribution >= 4 is 12.0 Å². The highest BCUT2D eigenvalue weighted by Crippen LogP contribution is 2.39. The first-order valence-electron chi connectivity index (χ1n) is 10.8. The van der Waals surface area contributed by atoms with Crippen molar-refractivity contribution in [3.8, 4) is 11.5 Å². The van der Waals surface area contributed by atoms with Crippen molar-refractivity contribution in [2.45, 2.75) is 69.7 Å². The molecule has 1 fully saturated rings. The molecule has 0 radical (unpaired) electrons. The van der Waals surface area contributed by atoms with Gasteiger partial charge in [-0.05, 0) is 32.8 Å². The Hall–Kier alpha value is -3.32. The summed E-state index contributed by atoms with van der Waals surface area (Å²) in [5, 5.41) is 8.88. The van der Waals surface area contributed by atoms with E-state index in [1.807, 2.05) is 0 Å². The molecule has 1 N–H and O–H groups in total. The van der Waals surface area contributed by atoms with Crippen molar-refractivity contribution < 1.29 is 40.7 Å². The van der Waals surface area contributed by atoms with Gasteiger partial charge in [0.1, 0.15) is 18.3 Å². The highest BCUT2D eigenvalue weighted by molar-refractivity contribution is 5.99. The van der Waals surface area contributed by atoms with Gasteiger partial charge in [-0.1, -0.05) is 0 Å². The first-order chi connectivity index (χ1) is 16.4. The van der Waals surface area contributed by atoms with Crippen molar-refractivity contribution in [3.63, 3.8) is 0 Å². The van der Waals surface area contributed by atoms with E-state index in [-0.39, 0.29) is 42.1 Å². The predicted molar refractivity (Wildman–Crippen MR) is 108 cm³/mol. The van der Waals surface area contributed by atoms with Crippen LogP contribution in [-0.4, -0.2) is 62.4 Å². The van der Waals surface area contributed by atoms with Crippen LogP contribution in [0.25, 0.3) is 11.5 Å². The fraction of sp³-hybridized carbons (Fsp3) is 0.571. The zero-order chi connectivity index (χ0) is 25.5. The lowest BCUT2D eigenvalue weighted by Gasteiger charge is -2.42. The summed E-state index contributed by atoms with van der Waals surface area (Å²) in [6.45, 7) is 1.46. The minimum Gasteiger partial charge on any atom is -0.441 e. The third kappa shape index (κ3) is 4.91. The zero-order valence-corrected chi connectivity index (χ0v) is 18.7. The fourth-order valence-electron chi connectivity index (χ4n) is 4.14. The Morgan fingerprint density at radius 3 is 2.77 bits per heavy atom. The molecular weight excluding hydrogens is 481 g/mol.